The molecule has 1 heterocycles. The van der Waals surface area contributed by atoms with E-state index in [1.807, 2.05) is 30.3 Å². The summed E-state index contributed by atoms with van der Waals surface area (Å²) in [5.41, 5.74) is 6.87. The zero-order chi connectivity index (χ0) is 16.5. The number of ether oxygens (including phenoxy) is 1. The van der Waals surface area contributed by atoms with E-state index in [4.69, 9.17) is 22.1 Å². The number of nitrogens with two attached hydrogens (primary N) is 1. The minimum absolute atomic E-state index is 0.220. The normalized spacial score (nSPS) is 9.61. The number of carbonyl (C=O) groups is 1. The average molecular weight is 331 g/mol. The summed E-state index contributed by atoms with van der Waals surface area (Å²) in [7, 11) is 0. The third kappa shape index (κ3) is 5.85. The highest BCUT2D eigenvalue weighted by Gasteiger charge is 2.01. The van der Waals surface area contributed by atoms with Crippen molar-refractivity contribution >= 4 is 23.5 Å². The first-order valence-corrected chi connectivity index (χ1v) is 7.24. The summed E-state index contributed by atoms with van der Waals surface area (Å²) in [6, 6.07) is 9.44. The summed E-state index contributed by atoms with van der Waals surface area (Å²) >= 11 is 5.71. The molecule has 0 saturated carbocycles. The Hall–Kier alpha value is -2.78. The van der Waals surface area contributed by atoms with E-state index >= 15 is 0 Å². The molecule has 1 aromatic carbocycles. The molecule has 0 aliphatic carbocycles. The predicted octanol–water partition coefficient (Wildman–Crippen LogP) is 2.38. The van der Waals surface area contributed by atoms with Gasteiger partial charge in [-0.3, -0.25) is 0 Å². The van der Waals surface area contributed by atoms with Crippen LogP contribution in [0.3, 0.4) is 0 Å². The molecule has 0 radical (unpaired) electrons. The number of amides is 1. The largest absolute Gasteiger partial charge is 0.445 e. The van der Waals surface area contributed by atoms with Crippen LogP contribution in [-0.4, -0.2) is 22.6 Å². The van der Waals surface area contributed by atoms with Crippen LogP contribution in [0.4, 0.5) is 10.6 Å². The van der Waals surface area contributed by atoms with Gasteiger partial charge in [-0.25, -0.2) is 14.8 Å². The van der Waals surface area contributed by atoms with Gasteiger partial charge in [-0.1, -0.05) is 47.9 Å². The number of hydrogen-bond acceptors (Lipinski definition) is 5. The fourth-order valence-corrected chi connectivity index (χ4v) is 1.75. The van der Waals surface area contributed by atoms with Crippen LogP contribution >= 0.6 is 11.6 Å². The van der Waals surface area contributed by atoms with Crippen molar-refractivity contribution in [3.05, 3.63) is 52.9 Å². The lowest BCUT2D eigenvalue weighted by Gasteiger charge is -2.05. The number of benzene rings is 1. The Morgan fingerprint density at radius 1 is 1.35 bits per heavy atom. The van der Waals surface area contributed by atoms with Gasteiger partial charge in [0.15, 0.2) is 11.5 Å². The lowest BCUT2D eigenvalue weighted by Crippen LogP contribution is -2.24. The molecule has 3 N–H and O–H groups in total. The molecule has 0 unspecified atom stereocenters. The molecule has 0 aliphatic heterocycles. The van der Waals surface area contributed by atoms with Crippen molar-refractivity contribution in [2.75, 3.05) is 12.3 Å². The molecular weight excluding hydrogens is 316 g/mol. The molecule has 0 saturated heterocycles. The van der Waals surface area contributed by atoms with Crippen molar-refractivity contribution < 1.29 is 9.53 Å². The molecule has 0 aliphatic rings. The topological polar surface area (TPSA) is 90.1 Å². The SMILES string of the molecule is Nc1ncc(Cl)nc1C#CCCNC(=O)OCc1ccccc1. The monoisotopic (exact) mass is 330 g/mol. The van der Waals surface area contributed by atoms with Gasteiger partial charge in [-0.2, -0.15) is 0 Å². The lowest BCUT2D eigenvalue weighted by molar-refractivity contribution is 0.140. The molecule has 2 rings (SSSR count). The Morgan fingerprint density at radius 2 is 2.13 bits per heavy atom. The third-order valence-electron chi connectivity index (χ3n) is 2.71. The maximum Gasteiger partial charge on any atom is 0.407 e. The predicted molar refractivity (Wildman–Crippen MR) is 87.6 cm³/mol. The average Bonchev–Trinajstić information content (AvgIpc) is 2.56. The number of halogens is 1. The Kier molecular flexibility index (Phi) is 6.21. The summed E-state index contributed by atoms with van der Waals surface area (Å²) in [6.07, 6.45) is 1.29. The number of anilines is 1. The van der Waals surface area contributed by atoms with Gasteiger partial charge < -0.3 is 15.8 Å². The van der Waals surface area contributed by atoms with Gasteiger partial charge in [-0.05, 0) is 11.5 Å². The number of nitrogens with one attached hydrogen (secondary N) is 1. The van der Waals surface area contributed by atoms with E-state index in [-0.39, 0.29) is 17.6 Å². The Balaban J connectivity index is 1.70. The number of alkyl carbamates (subject to hydrolysis) is 1. The zero-order valence-electron chi connectivity index (χ0n) is 12.3. The van der Waals surface area contributed by atoms with Crippen molar-refractivity contribution in [3.63, 3.8) is 0 Å². The standard InChI is InChI=1S/C16H15ClN4O2/c17-14-10-20-15(18)13(21-14)8-4-5-9-19-16(22)23-11-12-6-2-1-3-7-12/h1-3,6-7,10H,5,9,11H2,(H2,18,20)(H,19,22). The second kappa shape index (κ2) is 8.61. The molecule has 0 spiro atoms. The van der Waals surface area contributed by atoms with Crippen LogP contribution < -0.4 is 11.1 Å². The first-order valence-electron chi connectivity index (χ1n) is 6.86. The number of rotatable bonds is 4. The van der Waals surface area contributed by atoms with Gasteiger partial charge in [0.1, 0.15) is 11.8 Å². The first-order chi connectivity index (χ1) is 11.1. The van der Waals surface area contributed by atoms with Gasteiger partial charge in [0.25, 0.3) is 0 Å². The zero-order valence-corrected chi connectivity index (χ0v) is 13.0. The van der Waals surface area contributed by atoms with Crippen molar-refractivity contribution in [2.24, 2.45) is 0 Å². The summed E-state index contributed by atoms with van der Waals surface area (Å²) in [4.78, 5) is 19.3. The molecule has 1 aromatic heterocycles. The van der Waals surface area contributed by atoms with Crippen LogP contribution in [0.25, 0.3) is 0 Å². The first kappa shape index (κ1) is 16.6. The molecule has 1 amide bonds. The number of carbonyl (C=O) groups excluding carboxylic acids is 1. The van der Waals surface area contributed by atoms with Crippen molar-refractivity contribution in [1.82, 2.24) is 15.3 Å². The minimum Gasteiger partial charge on any atom is -0.445 e. The van der Waals surface area contributed by atoms with Crippen molar-refractivity contribution in [1.29, 1.82) is 0 Å². The summed E-state index contributed by atoms with van der Waals surface area (Å²) in [5.74, 6) is 5.82. The molecule has 0 fully saturated rings. The maximum atomic E-state index is 11.5. The smallest absolute Gasteiger partial charge is 0.407 e. The van der Waals surface area contributed by atoms with Crippen LogP contribution in [0.5, 0.6) is 0 Å². The van der Waals surface area contributed by atoms with E-state index in [2.05, 4.69) is 27.1 Å². The van der Waals surface area contributed by atoms with Gasteiger partial charge in [0.2, 0.25) is 0 Å². The quantitative estimate of drug-likeness (QED) is 0.663. The van der Waals surface area contributed by atoms with Gasteiger partial charge in [0, 0.05) is 13.0 Å². The fraction of sp³-hybridized carbons (Fsp3) is 0.188. The lowest BCUT2D eigenvalue weighted by atomic mass is 10.2. The molecule has 118 valence electrons. The van der Waals surface area contributed by atoms with Crippen molar-refractivity contribution in [2.45, 2.75) is 13.0 Å². The summed E-state index contributed by atoms with van der Waals surface area (Å²) in [5, 5.41) is 2.84. The van der Waals surface area contributed by atoms with Gasteiger partial charge >= 0.3 is 6.09 Å². The van der Waals surface area contributed by atoms with E-state index in [1.165, 1.54) is 6.20 Å². The van der Waals surface area contributed by atoms with Crippen LogP contribution in [0.2, 0.25) is 5.15 Å². The second-order valence-electron chi connectivity index (χ2n) is 4.47. The van der Waals surface area contributed by atoms with E-state index in [0.717, 1.165) is 5.56 Å². The maximum absolute atomic E-state index is 11.5. The Morgan fingerprint density at radius 3 is 2.91 bits per heavy atom. The molecular formula is C16H15ClN4O2. The van der Waals surface area contributed by atoms with E-state index in [1.54, 1.807) is 0 Å². The van der Waals surface area contributed by atoms with Crippen LogP contribution in [0, 0.1) is 11.8 Å². The minimum atomic E-state index is -0.488. The van der Waals surface area contributed by atoms with Crippen LogP contribution in [-0.2, 0) is 11.3 Å². The Bertz CT molecular complexity index is 726. The second-order valence-corrected chi connectivity index (χ2v) is 4.85. The van der Waals surface area contributed by atoms with E-state index in [9.17, 15) is 4.79 Å². The molecule has 2 aromatic rings. The number of hydrogen-bond donors (Lipinski definition) is 2. The Labute approximate surface area is 139 Å². The van der Waals surface area contributed by atoms with Crippen molar-refractivity contribution in [3.8, 4) is 11.8 Å². The fourth-order valence-electron chi connectivity index (χ4n) is 1.62. The van der Waals surface area contributed by atoms with Crippen LogP contribution in [0.15, 0.2) is 36.5 Å². The van der Waals surface area contributed by atoms with E-state index in [0.29, 0.717) is 18.7 Å². The summed E-state index contributed by atoms with van der Waals surface area (Å²) in [6.45, 7) is 0.585. The van der Waals surface area contributed by atoms with Gasteiger partial charge in [0.05, 0.1) is 6.20 Å². The highest BCUT2D eigenvalue weighted by Crippen LogP contribution is 2.08. The number of nitrogen functional groups attached to an aromatic ring is 1. The molecule has 0 bridgehead atoms. The highest BCUT2D eigenvalue weighted by molar-refractivity contribution is 6.29. The molecule has 0 atom stereocenters. The third-order valence-corrected chi connectivity index (χ3v) is 2.89. The molecule has 7 heteroatoms. The summed E-state index contributed by atoms with van der Waals surface area (Å²) < 4.78 is 5.07. The number of aromatic nitrogens is 2. The van der Waals surface area contributed by atoms with Gasteiger partial charge in [-0.15, -0.1) is 0 Å². The number of nitrogens with zero attached hydrogens (tertiary/aromatic N) is 2. The van der Waals surface area contributed by atoms with E-state index < -0.39 is 6.09 Å². The molecule has 6 nitrogen and oxygen atoms in total. The van der Waals surface area contributed by atoms with Crippen LogP contribution in [0.1, 0.15) is 17.7 Å². The highest BCUT2D eigenvalue weighted by atomic mass is 35.5. The molecule has 23 heavy (non-hydrogen) atoms.